The van der Waals surface area contributed by atoms with Crippen LogP contribution in [0.2, 0.25) is 0 Å². The summed E-state index contributed by atoms with van der Waals surface area (Å²) in [6.45, 7) is 4.57. The summed E-state index contributed by atoms with van der Waals surface area (Å²) in [6.07, 6.45) is 0. The normalized spacial score (nSPS) is 13.3. The Morgan fingerprint density at radius 3 is 2.00 bits per heavy atom. The van der Waals surface area contributed by atoms with Crippen LogP contribution in [0.15, 0.2) is 180 Å². The molecular weight excluding hydrogens is 675 g/mol. The van der Waals surface area contributed by atoms with E-state index >= 15 is 0 Å². The number of hydrogen-bond acceptors (Lipinski definition) is 4. The van der Waals surface area contributed by atoms with E-state index in [-0.39, 0.29) is 5.41 Å². The minimum atomic E-state index is -0.162. The van der Waals surface area contributed by atoms with Gasteiger partial charge in [0.2, 0.25) is 0 Å². The van der Waals surface area contributed by atoms with Crippen LogP contribution in [-0.2, 0) is 5.41 Å². The first-order valence-electron chi connectivity index (χ1n) is 18.7. The van der Waals surface area contributed by atoms with E-state index in [2.05, 4.69) is 164 Å². The lowest BCUT2D eigenvalue weighted by Crippen LogP contribution is -2.15. The van der Waals surface area contributed by atoms with E-state index in [1.165, 1.54) is 22.3 Å². The molecule has 262 valence electrons. The highest BCUT2D eigenvalue weighted by Gasteiger charge is 2.38. The van der Waals surface area contributed by atoms with Gasteiger partial charge in [0.1, 0.15) is 11.2 Å². The first kappa shape index (κ1) is 31.5. The zero-order valence-electron chi connectivity index (χ0n) is 30.4. The number of benzene rings is 8. The minimum Gasteiger partial charge on any atom is -0.456 e. The van der Waals surface area contributed by atoms with E-state index in [0.29, 0.717) is 17.2 Å². The van der Waals surface area contributed by atoms with Crippen LogP contribution in [0, 0.1) is 0 Å². The van der Waals surface area contributed by atoms with Crippen molar-refractivity contribution >= 4 is 39.0 Å². The summed E-state index contributed by atoms with van der Waals surface area (Å²) in [6, 6.07) is 61.7. The number of rotatable bonds is 5. The molecule has 11 rings (SSSR count). The Balaban J connectivity index is 1.02. The smallest absolute Gasteiger partial charge is 0.194 e. The predicted octanol–water partition coefficient (Wildman–Crippen LogP) is 14.6. The first-order chi connectivity index (χ1) is 27.0. The first-order valence-corrected chi connectivity index (χ1v) is 18.7. The molecular formula is C51H35NO3. The fraction of sp³-hybridized carbons (Fsp3) is 0.0588. The molecule has 0 bridgehead atoms. The molecule has 55 heavy (non-hydrogen) atoms. The van der Waals surface area contributed by atoms with E-state index in [1.54, 1.807) is 0 Å². The molecule has 0 unspecified atom stereocenters. The van der Waals surface area contributed by atoms with Crippen LogP contribution in [0.25, 0.3) is 55.3 Å². The molecule has 0 radical (unpaired) electrons. The monoisotopic (exact) mass is 709 g/mol. The fourth-order valence-electron chi connectivity index (χ4n) is 8.55. The third-order valence-corrected chi connectivity index (χ3v) is 11.3. The highest BCUT2D eigenvalue weighted by atomic mass is 16.6. The Labute approximate surface area is 319 Å². The predicted molar refractivity (Wildman–Crippen MR) is 223 cm³/mol. The molecule has 0 atom stereocenters. The third kappa shape index (κ3) is 4.99. The summed E-state index contributed by atoms with van der Waals surface area (Å²) in [5.41, 5.74) is 14.0. The Kier molecular flexibility index (Phi) is 6.86. The van der Waals surface area contributed by atoms with Crippen molar-refractivity contribution in [2.45, 2.75) is 19.3 Å². The molecule has 2 heterocycles. The zero-order chi connectivity index (χ0) is 36.7. The maximum Gasteiger partial charge on any atom is 0.194 e. The highest BCUT2D eigenvalue weighted by Crippen LogP contribution is 2.57. The van der Waals surface area contributed by atoms with E-state index in [0.717, 1.165) is 67.0 Å². The maximum atomic E-state index is 6.95. The van der Waals surface area contributed by atoms with Crippen molar-refractivity contribution in [3.8, 4) is 56.4 Å². The lowest BCUT2D eigenvalue weighted by atomic mass is 9.82. The fourth-order valence-corrected chi connectivity index (χ4v) is 8.55. The lowest BCUT2D eigenvalue weighted by molar-refractivity contribution is 0.360. The van der Waals surface area contributed by atoms with Gasteiger partial charge in [0.25, 0.3) is 0 Å². The SMILES string of the molecule is CC1(C)c2ccccc2-c2cc3c(cc21)Oc1c(cccc1N(c1ccc(-c2ccc4c(c2)oc2ccccc24)cc1)c1cccc(-c2ccccc2)c1)O3. The number of furan rings is 1. The summed E-state index contributed by atoms with van der Waals surface area (Å²) in [7, 11) is 0. The topological polar surface area (TPSA) is 34.8 Å². The lowest BCUT2D eigenvalue weighted by Gasteiger charge is -2.31. The number of fused-ring (bicyclic) bond motifs is 8. The molecule has 0 amide bonds. The average Bonchev–Trinajstić information content (AvgIpc) is 3.71. The quantitative estimate of drug-likeness (QED) is 0.178. The van der Waals surface area contributed by atoms with Gasteiger partial charge in [0, 0.05) is 27.6 Å². The Hall–Kier alpha value is -7.04. The molecule has 0 N–H and O–H groups in total. The van der Waals surface area contributed by atoms with Crippen LogP contribution < -0.4 is 14.4 Å². The molecule has 0 spiro atoms. The van der Waals surface area contributed by atoms with Gasteiger partial charge < -0.3 is 18.8 Å². The largest absolute Gasteiger partial charge is 0.456 e. The molecule has 4 heteroatoms. The van der Waals surface area contributed by atoms with Crippen molar-refractivity contribution in [1.29, 1.82) is 0 Å². The minimum absolute atomic E-state index is 0.162. The number of anilines is 3. The van der Waals surface area contributed by atoms with E-state index in [1.807, 2.05) is 30.3 Å². The molecule has 1 aromatic heterocycles. The highest BCUT2D eigenvalue weighted by molar-refractivity contribution is 6.06. The molecule has 1 aliphatic heterocycles. The zero-order valence-corrected chi connectivity index (χ0v) is 30.4. The number of para-hydroxylation sites is 2. The van der Waals surface area contributed by atoms with Crippen molar-refractivity contribution in [3.63, 3.8) is 0 Å². The molecule has 1 aliphatic carbocycles. The molecule has 4 nitrogen and oxygen atoms in total. The molecule has 8 aromatic carbocycles. The van der Waals surface area contributed by atoms with Crippen molar-refractivity contribution in [2.75, 3.05) is 4.90 Å². The maximum absolute atomic E-state index is 6.95. The number of ether oxygens (including phenoxy) is 2. The van der Waals surface area contributed by atoms with Crippen LogP contribution >= 0.6 is 0 Å². The summed E-state index contributed by atoms with van der Waals surface area (Å²) < 4.78 is 19.9. The molecule has 0 fully saturated rings. The number of hydrogen-bond donors (Lipinski definition) is 0. The average molecular weight is 710 g/mol. The van der Waals surface area contributed by atoms with Gasteiger partial charge in [0.15, 0.2) is 23.0 Å². The van der Waals surface area contributed by atoms with E-state index in [4.69, 9.17) is 13.9 Å². The van der Waals surface area contributed by atoms with Gasteiger partial charge in [-0.3, -0.25) is 0 Å². The Bertz CT molecular complexity index is 2960. The molecule has 0 saturated heterocycles. The Morgan fingerprint density at radius 1 is 0.418 bits per heavy atom. The van der Waals surface area contributed by atoms with Crippen LogP contribution in [-0.4, -0.2) is 0 Å². The summed E-state index contributed by atoms with van der Waals surface area (Å²) >= 11 is 0. The molecule has 9 aromatic rings. The van der Waals surface area contributed by atoms with Gasteiger partial charge in [-0.15, -0.1) is 0 Å². The van der Waals surface area contributed by atoms with Crippen molar-refractivity contribution < 1.29 is 13.9 Å². The molecule has 0 saturated carbocycles. The van der Waals surface area contributed by atoms with Gasteiger partial charge in [-0.05, 0) is 111 Å². The van der Waals surface area contributed by atoms with Gasteiger partial charge in [-0.25, -0.2) is 0 Å². The van der Waals surface area contributed by atoms with Crippen molar-refractivity contribution in [3.05, 3.63) is 187 Å². The van der Waals surface area contributed by atoms with Crippen molar-refractivity contribution in [2.24, 2.45) is 0 Å². The van der Waals surface area contributed by atoms with Crippen LogP contribution in [0.4, 0.5) is 17.1 Å². The van der Waals surface area contributed by atoms with E-state index < -0.39 is 0 Å². The second kappa shape index (κ2) is 12.0. The second-order valence-corrected chi connectivity index (χ2v) is 14.9. The van der Waals surface area contributed by atoms with Crippen LogP contribution in [0.5, 0.6) is 23.0 Å². The second-order valence-electron chi connectivity index (χ2n) is 14.9. The standard InChI is InChI=1S/C51H35NO3/c1-51(2)42-18-8-6-16-38(42)41-30-48-49(31-43(41)51)55-50-44(19-11-21-46(50)54-48)52(37-15-10-14-34(28-37)32-12-4-3-5-13-32)36-25-22-33(23-26-36)35-24-27-40-39-17-7-9-20-45(39)53-47(40)29-35/h3-31H,1-2H3. The van der Waals surface area contributed by atoms with E-state index in [9.17, 15) is 0 Å². The van der Waals surface area contributed by atoms with Crippen molar-refractivity contribution in [1.82, 2.24) is 0 Å². The summed E-state index contributed by atoms with van der Waals surface area (Å²) in [5, 5.41) is 2.25. The third-order valence-electron chi connectivity index (χ3n) is 11.3. The van der Waals surface area contributed by atoms with Gasteiger partial charge in [-0.1, -0.05) is 123 Å². The summed E-state index contributed by atoms with van der Waals surface area (Å²) in [5.74, 6) is 2.79. The van der Waals surface area contributed by atoms with Gasteiger partial charge in [-0.2, -0.15) is 0 Å². The van der Waals surface area contributed by atoms with Gasteiger partial charge in [0.05, 0.1) is 5.69 Å². The van der Waals surface area contributed by atoms with Crippen LogP contribution in [0.3, 0.4) is 0 Å². The Morgan fingerprint density at radius 2 is 1.11 bits per heavy atom. The number of nitrogens with zero attached hydrogens (tertiary/aromatic N) is 1. The molecule has 2 aliphatic rings. The van der Waals surface area contributed by atoms with Crippen LogP contribution in [0.1, 0.15) is 25.0 Å². The van der Waals surface area contributed by atoms with Gasteiger partial charge >= 0.3 is 0 Å². The summed E-state index contributed by atoms with van der Waals surface area (Å²) in [4.78, 5) is 2.26.